The van der Waals surface area contributed by atoms with E-state index in [-0.39, 0.29) is 15.1 Å². The molecule has 0 saturated heterocycles. The van der Waals surface area contributed by atoms with Crippen LogP contribution in [0.5, 0.6) is 5.75 Å². The second-order valence-corrected chi connectivity index (χ2v) is 6.67. The maximum atomic E-state index is 12.3. The number of fused-ring (bicyclic) bond motifs is 1. The van der Waals surface area contributed by atoms with Crippen LogP contribution in [0.2, 0.25) is 15.1 Å². The minimum Gasteiger partial charge on any atom is -0.481 e. The summed E-state index contributed by atoms with van der Waals surface area (Å²) < 4.78 is 10.7. The Morgan fingerprint density at radius 1 is 1.04 bits per heavy atom. The van der Waals surface area contributed by atoms with Crippen molar-refractivity contribution in [3.05, 3.63) is 68.0 Å². The van der Waals surface area contributed by atoms with Crippen molar-refractivity contribution in [2.24, 2.45) is 0 Å². The van der Waals surface area contributed by atoms with E-state index >= 15 is 0 Å². The zero-order chi connectivity index (χ0) is 18.8. The summed E-state index contributed by atoms with van der Waals surface area (Å²) in [7, 11) is 0. The number of rotatable bonds is 4. The first-order valence-corrected chi connectivity index (χ1v) is 8.63. The van der Waals surface area contributed by atoms with Gasteiger partial charge in [0.15, 0.2) is 6.10 Å². The average Bonchev–Trinajstić information content (AvgIpc) is 2.59. The fourth-order valence-electron chi connectivity index (χ4n) is 2.22. The number of amides is 1. The normalized spacial score (nSPS) is 12.0. The number of anilines is 1. The number of nitrogens with one attached hydrogen (secondary N) is 1. The minimum absolute atomic E-state index is 0.257. The highest BCUT2D eigenvalue weighted by Crippen LogP contribution is 2.32. The lowest BCUT2D eigenvalue weighted by Crippen LogP contribution is -2.30. The molecule has 1 N–H and O–H groups in total. The second kappa shape index (κ2) is 7.58. The number of hydrogen-bond acceptors (Lipinski definition) is 4. The quantitative estimate of drug-likeness (QED) is 0.475. The Balaban J connectivity index is 1.75. The number of carbonyl (C=O) groups is 1. The van der Waals surface area contributed by atoms with E-state index in [9.17, 15) is 9.59 Å². The van der Waals surface area contributed by atoms with Gasteiger partial charge in [-0.05, 0) is 37.3 Å². The molecule has 134 valence electrons. The van der Waals surface area contributed by atoms with E-state index in [0.29, 0.717) is 17.0 Å². The Morgan fingerprint density at radius 3 is 2.50 bits per heavy atom. The van der Waals surface area contributed by atoms with Crippen molar-refractivity contribution >= 4 is 57.4 Å². The number of carbonyl (C=O) groups excluding carboxylic acids is 1. The fourth-order valence-corrected chi connectivity index (χ4v) is 2.82. The van der Waals surface area contributed by atoms with E-state index in [0.717, 1.165) is 5.39 Å². The van der Waals surface area contributed by atoms with Gasteiger partial charge in [-0.3, -0.25) is 4.79 Å². The number of halogens is 3. The molecule has 26 heavy (non-hydrogen) atoms. The molecule has 0 aliphatic rings. The van der Waals surface area contributed by atoms with Gasteiger partial charge in [0.25, 0.3) is 5.91 Å². The average molecular weight is 413 g/mol. The fraction of sp³-hybridized carbons (Fsp3) is 0.111. The van der Waals surface area contributed by atoms with Gasteiger partial charge in [0.2, 0.25) is 0 Å². The molecule has 8 heteroatoms. The molecule has 0 radical (unpaired) electrons. The highest BCUT2D eigenvalue weighted by molar-refractivity contribution is 6.44. The molecule has 1 aromatic heterocycles. The molecule has 0 spiro atoms. The number of benzene rings is 2. The Bertz CT molecular complexity index is 1050. The molecule has 0 fully saturated rings. The summed E-state index contributed by atoms with van der Waals surface area (Å²) in [4.78, 5) is 23.6. The zero-order valence-electron chi connectivity index (χ0n) is 13.4. The summed E-state index contributed by atoms with van der Waals surface area (Å²) in [6, 6.07) is 10.8. The van der Waals surface area contributed by atoms with Gasteiger partial charge in [-0.25, -0.2) is 4.79 Å². The third-order valence-corrected chi connectivity index (χ3v) is 4.58. The van der Waals surface area contributed by atoms with Crippen molar-refractivity contribution in [2.75, 3.05) is 5.32 Å². The molecule has 1 unspecified atom stereocenters. The van der Waals surface area contributed by atoms with Crippen LogP contribution in [0.1, 0.15) is 6.92 Å². The minimum atomic E-state index is -0.839. The van der Waals surface area contributed by atoms with Crippen LogP contribution in [0.4, 0.5) is 5.69 Å². The topological polar surface area (TPSA) is 68.5 Å². The van der Waals surface area contributed by atoms with Gasteiger partial charge < -0.3 is 14.5 Å². The Kier molecular flexibility index (Phi) is 5.41. The van der Waals surface area contributed by atoms with Crippen LogP contribution in [0.3, 0.4) is 0 Å². The van der Waals surface area contributed by atoms with E-state index in [1.807, 2.05) is 0 Å². The van der Waals surface area contributed by atoms with E-state index in [4.69, 9.17) is 44.0 Å². The van der Waals surface area contributed by atoms with Crippen molar-refractivity contribution in [1.82, 2.24) is 0 Å². The molecule has 0 saturated carbocycles. The largest absolute Gasteiger partial charge is 0.481 e. The van der Waals surface area contributed by atoms with Crippen molar-refractivity contribution < 1.29 is 13.9 Å². The molecule has 0 aliphatic carbocycles. The summed E-state index contributed by atoms with van der Waals surface area (Å²) in [6.45, 7) is 1.58. The molecule has 1 atom stereocenters. The molecule has 0 bridgehead atoms. The Morgan fingerprint density at radius 2 is 1.73 bits per heavy atom. The van der Waals surface area contributed by atoms with Crippen LogP contribution in [-0.4, -0.2) is 12.0 Å². The smallest absolute Gasteiger partial charge is 0.336 e. The summed E-state index contributed by atoms with van der Waals surface area (Å²) in [5, 5.41) is 4.19. The van der Waals surface area contributed by atoms with Crippen LogP contribution in [0.25, 0.3) is 11.0 Å². The molecule has 0 aliphatic heterocycles. The predicted octanol–water partition coefficient (Wildman–Crippen LogP) is 5.16. The van der Waals surface area contributed by atoms with Gasteiger partial charge in [0, 0.05) is 17.5 Å². The van der Waals surface area contributed by atoms with Crippen molar-refractivity contribution in [1.29, 1.82) is 0 Å². The molecule has 1 amide bonds. The van der Waals surface area contributed by atoms with Crippen molar-refractivity contribution in [2.45, 2.75) is 13.0 Å². The summed E-state index contributed by atoms with van der Waals surface area (Å²) in [5.41, 5.74) is 0.232. The first-order chi connectivity index (χ1) is 12.3. The standard InChI is InChI=1S/C18H12Cl3NO4/c1-9(18(24)22-15-8-13(20)12(19)7-14(15)21)25-11-4-2-10-3-5-17(23)26-16(10)6-11/h2-9H,1H3,(H,22,24). The van der Waals surface area contributed by atoms with E-state index in [1.54, 1.807) is 31.2 Å². The zero-order valence-corrected chi connectivity index (χ0v) is 15.7. The van der Waals surface area contributed by atoms with Gasteiger partial charge >= 0.3 is 5.63 Å². The van der Waals surface area contributed by atoms with Crippen molar-refractivity contribution in [3.63, 3.8) is 0 Å². The Labute approximate surface area is 163 Å². The van der Waals surface area contributed by atoms with Crippen LogP contribution >= 0.6 is 34.8 Å². The maximum absolute atomic E-state index is 12.3. The lowest BCUT2D eigenvalue weighted by molar-refractivity contribution is -0.122. The van der Waals surface area contributed by atoms with Crippen LogP contribution in [0, 0.1) is 0 Å². The highest BCUT2D eigenvalue weighted by atomic mass is 35.5. The van der Waals surface area contributed by atoms with E-state index < -0.39 is 17.6 Å². The third kappa shape index (κ3) is 4.12. The maximum Gasteiger partial charge on any atom is 0.336 e. The van der Waals surface area contributed by atoms with Crippen molar-refractivity contribution in [3.8, 4) is 5.75 Å². The lowest BCUT2D eigenvalue weighted by Gasteiger charge is -2.16. The SMILES string of the molecule is CC(Oc1ccc2ccc(=O)oc2c1)C(=O)Nc1cc(Cl)c(Cl)cc1Cl. The first kappa shape index (κ1) is 18.6. The summed E-state index contributed by atoms with van der Waals surface area (Å²) in [6.07, 6.45) is -0.839. The van der Waals surface area contributed by atoms with Gasteiger partial charge in [0.05, 0.1) is 20.8 Å². The number of ether oxygens (including phenoxy) is 1. The van der Waals surface area contributed by atoms with Crippen LogP contribution in [0.15, 0.2) is 51.7 Å². The van der Waals surface area contributed by atoms with Gasteiger partial charge in [-0.15, -0.1) is 0 Å². The lowest BCUT2D eigenvalue weighted by atomic mass is 10.2. The molecular formula is C18H12Cl3NO4. The summed E-state index contributed by atoms with van der Waals surface area (Å²) >= 11 is 17.9. The van der Waals surface area contributed by atoms with Crippen LogP contribution in [-0.2, 0) is 4.79 Å². The molecule has 5 nitrogen and oxygen atoms in total. The highest BCUT2D eigenvalue weighted by Gasteiger charge is 2.17. The first-order valence-electron chi connectivity index (χ1n) is 7.49. The van der Waals surface area contributed by atoms with Gasteiger partial charge in [0.1, 0.15) is 11.3 Å². The molecule has 2 aromatic carbocycles. The number of hydrogen-bond donors (Lipinski definition) is 1. The van der Waals surface area contributed by atoms with Gasteiger partial charge in [-0.1, -0.05) is 34.8 Å². The third-order valence-electron chi connectivity index (χ3n) is 3.54. The molecule has 3 rings (SSSR count). The summed E-state index contributed by atoms with van der Waals surface area (Å²) in [5.74, 6) is -0.0466. The molecule has 3 aromatic rings. The predicted molar refractivity (Wildman–Crippen MR) is 103 cm³/mol. The van der Waals surface area contributed by atoms with E-state index in [1.165, 1.54) is 18.2 Å². The Hall–Kier alpha value is -2.21. The monoisotopic (exact) mass is 411 g/mol. The molecular weight excluding hydrogens is 401 g/mol. The molecule has 1 heterocycles. The van der Waals surface area contributed by atoms with Gasteiger partial charge in [-0.2, -0.15) is 0 Å². The second-order valence-electron chi connectivity index (χ2n) is 5.45. The van der Waals surface area contributed by atoms with Crippen LogP contribution < -0.4 is 15.7 Å². The van der Waals surface area contributed by atoms with E-state index in [2.05, 4.69) is 5.32 Å².